The summed E-state index contributed by atoms with van der Waals surface area (Å²) in [5, 5.41) is 9.45. The molecule has 0 aromatic heterocycles. The van der Waals surface area contributed by atoms with E-state index in [1.807, 2.05) is 13.8 Å². The van der Waals surface area contributed by atoms with Crippen LogP contribution in [0.5, 0.6) is 0 Å². The Morgan fingerprint density at radius 2 is 1.75 bits per heavy atom. The Labute approximate surface area is 128 Å². The summed E-state index contributed by atoms with van der Waals surface area (Å²) in [6.07, 6.45) is 0.445. The number of halogens is 2. The van der Waals surface area contributed by atoms with E-state index in [1.165, 1.54) is 0 Å². The Morgan fingerprint density at radius 3 is 2.20 bits per heavy atom. The molecule has 0 fully saturated rings. The summed E-state index contributed by atoms with van der Waals surface area (Å²) >= 11 is 11.8. The van der Waals surface area contributed by atoms with E-state index in [9.17, 15) is 9.59 Å². The fourth-order valence-corrected chi connectivity index (χ4v) is 2.36. The summed E-state index contributed by atoms with van der Waals surface area (Å²) in [7, 11) is 0. The van der Waals surface area contributed by atoms with Gasteiger partial charge in [-0.05, 0) is 38.5 Å². The van der Waals surface area contributed by atoms with Crippen LogP contribution in [0.1, 0.15) is 37.0 Å². The number of hydrogen-bond donors (Lipinski definition) is 1. The lowest BCUT2D eigenvalue weighted by Gasteiger charge is -2.26. The van der Waals surface area contributed by atoms with Crippen molar-refractivity contribution in [1.29, 1.82) is 0 Å². The van der Waals surface area contributed by atoms with E-state index in [4.69, 9.17) is 28.3 Å². The quantitative estimate of drug-likeness (QED) is 0.870. The molecular weight excluding hydrogens is 301 g/mol. The third kappa shape index (κ3) is 5.02. The molecule has 0 saturated carbocycles. The number of nitrogens with zero attached hydrogens (tertiary/aromatic N) is 1. The normalized spacial score (nSPS) is 10.7. The second kappa shape index (κ2) is 7.50. The minimum Gasteiger partial charge on any atom is -0.481 e. The highest BCUT2D eigenvalue weighted by Gasteiger charge is 2.19. The number of carboxylic acids is 1. The smallest absolute Gasteiger partial charge is 0.303 e. The molecule has 6 heteroatoms. The molecule has 0 saturated heterocycles. The van der Waals surface area contributed by atoms with Gasteiger partial charge >= 0.3 is 5.97 Å². The Bertz CT molecular complexity index is 483. The number of carbonyl (C=O) groups excluding carboxylic acids is 1. The van der Waals surface area contributed by atoms with Gasteiger partial charge < -0.3 is 10.0 Å². The Balaban J connectivity index is 2.85. The largest absolute Gasteiger partial charge is 0.481 e. The van der Waals surface area contributed by atoms with Gasteiger partial charge in [0, 0.05) is 34.6 Å². The van der Waals surface area contributed by atoms with Crippen molar-refractivity contribution in [2.24, 2.45) is 0 Å². The van der Waals surface area contributed by atoms with Crippen molar-refractivity contribution < 1.29 is 14.7 Å². The van der Waals surface area contributed by atoms with E-state index in [1.54, 1.807) is 23.1 Å². The fourth-order valence-electron chi connectivity index (χ4n) is 1.84. The molecule has 1 rings (SSSR count). The zero-order valence-corrected chi connectivity index (χ0v) is 12.9. The summed E-state index contributed by atoms with van der Waals surface area (Å²) in [6, 6.07) is 4.64. The van der Waals surface area contributed by atoms with Gasteiger partial charge in [-0.2, -0.15) is 0 Å². The molecule has 0 heterocycles. The number of rotatable bonds is 6. The topological polar surface area (TPSA) is 57.6 Å². The molecule has 0 aliphatic rings. The molecule has 0 unspecified atom stereocenters. The van der Waals surface area contributed by atoms with E-state index in [0.29, 0.717) is 28.6 Å². The van der Waals surface area contributed by atoms with Gasteiger partial charge in [-0.3, -0.25) is 9.59 Å². The van der Waals surface area contributed by atoms with E-state index < -0.39 is 5.97 Å². The maximum absolute atomic E-state index is 12.4. The van der Waals surface area contributed by atoms with Crippen molar-refractivity contribution in [1.82, 2.24) is 4.90 Å². The second-order valence-electron chi connectivity index (χ2n) is 4.75. The lowest BCUT2D eigenvalue weighted by Crippen LogP contribution is -2.37. The number of carbonyl (C=O) groups is 2. The Kier molecular flexibility index (Phi) is 6.30. The second-order valence-corrected chi connectivity index (χ2v) is 5.62. The molecule has 1 aromatic carbocycles. The van der Waals surface area contributed by atoms with Crippen molar-refractivity contribution in [2.75, 3.05) is 6.54 Å². The first kappa shape index (κ1) is 16.8. The van der Waals surface area contributed by atoms with Crippen LogP contribution in [0.15, 0.2) is 18.2 Å². The van der Waals surface area contributed by atoms with Gasteiger partial charge in [0.25, 0.3) is 5.91 Å². The molecule has 110 valence electrons. The lowest BCUT2D eigenvalue weighted by atomic mass is 10.1. The minimum atomic E-state index is -0.869. The molecule has 0 aliphatic carbocycles. The van der Waals surface area contributed by atoms with Gasteiger partial charge in [0.15, 0.2) is 0 Å². The van der Waals surface area contributed by atoms with Crippen LogP contribution in [0.4, 0.5) is 0 Å². The summed E-state index contributed by atoms with van der Waals surface area (Å²) in [5.41, 5.74) is 0.409. The first-order chi connectivity index (χ1) is 9.31. The van der Waals surface area contributed by atoms with Crippen LogP contribution in [-0.2, 0) is 4.79 Å². The Hall–Kier alpha value is -1.26. The summed E-state index contributed by atoms with van der Waals surface area (Å²) < 4.78 is 0. The van der Waals surface area contributed by atoms with Crippen molar-refractivity contribution in [3.8, 4) is 0 Å². The van der Waals surface area contributed by atoms with Crippen LogP contribution in [0.25, 0.3) is 0 Å². The average Bonchev–Trinajstić information content (AvgIpc) is 2.31. The molecule has 0 spiro atoms. The number of amides is 1. The summed E-state index contributed by atoms with van der Waals surface area (Å²) in [4.78, 5) is 24.6. The summed E-state index contributed by atoms with van der Waals surface area (Å²) in [5.74, 6) is -1.07. The first-order valence-electron chi connectivity index (χ1n) is 6.30. The van der Waals surface area contributed by atoms with Crippen molar-refractivity contribution in [3.05, 3.63) is 33.8 Å². The molecule has 0 radical (unpaired) electrons. The first-order valence-corrected chi connectivity index (χ1v) is 7.05. The molecule has 0 aliphatic heterocycles. The SMILES string of the molecule is CC(C)N(CCCC(=O)O)C(=O)c1cc(Cl)cc(Cl)c1. The monoisotopic (exact) mass is 317 g/mol. The molecule has 4 nitrogen and oxygen atoms in total. The highest BCUT2D eigenvalue weighted by atomic mass is 35.5. The van der Waals surface area contributed by atoms with Crippen LogP contribution >= 0.6 is 23.2 Å². The minimum absolute atomic E-state index is 0.0333. The third-order valence-electron chi connectivity index (χ3n) is 2.78. The lowest BCUT2D eigenvalue weighted by molar-refractivity contribution is -0.137. The predicted molar refractivity (Wildman–Crippen MR) is 79.5 cm³/mol. The average molecular weight is 318 g/mol. The third-order valence-corrected chi connectivity index (χ3v) is 3.22. The molecule has 20 heavy (non-hydrogen) atoms. The molecular formula is C14H17Cl2NO3. The number of hydrogen-bond acceptors (Lipinski definition) is 2. The highest BCUT2D eigenvalue weighted by Crippen LogP contribution is 2.21. The van der Waals surface area contributed by atoms with E-state index in [2.05, 4.69) is 0 Å². The van der Waals surface area contributed by atoms with Crippen molar-refractivity contribution in [3.63, 3.8) is 0 Å². The standard InChI is InChI=1S/C14H17Cl2NO3/c1-9(2)17(5-3-4-13(18)19)14(20)10-6-11(15)8-12(16)7-10/h6-9H,3-5H2,1-2H3,(H,18,19). The maximum atomic E-state index is 12.4. The van der Waals surface area contributed by atoms with E-state index in [-0.39, 0.29) is 18.4 Å². The van der Waals surface area contributed by atoms with Gasteiger partial charge in [-0.25, -0.2) is 0 Å². The molecule has 0 atom stereocenters. The molecule has 1 N–H and O–H groups in total. The molecule has 0 bridgehead atoms. The van der Waals surface area contributed by atoms with E-state index in [0.717, 1.165) is 0 Å². The van der Waals surface area contributed by atoms with Crippen molar-refractivity contribution in [2.45, 2.75) is 32.7 Å². The van der Waals surface area contributed by atoms with Gasteiger partial charge in [-0.1, -0.05) is 23.2 Å². The van der Waals surface area contributed by atoms with Crippen LogP contribution in [0.2, 0.25) is 10.0 Å². The maximum Gasteiger partial charge on any atom is 0.303 e. The predicted octanol–water partition coefficient (Wildman–Crippen LogP) is 3.71. The van der Waals surface area contributed by atoms with Gasteiger partial charge in [0.1, 0.15) is 0 Å². The number of aliphatic carboxylic acids is 1. The van der Waals surface area contributed by atoms with E-state index >= 15 is 0 Å². The zero-order valence-electron chi connectivity index (χ0n) is 11.4. The van der Waals surface area contributed by atoms with Gasteiger partial charge in [0.2, 0.25) is 0 Å². The fraction of sp³-hybridized carbons (Fsp3) is 0.429. The number of benzene rings is 1. The Morgan fingerprint density at radius 1 is 1.20 bits per heavy atom. The molecule has 1 amide bonds. The highest BCUT2D eigenvalue weighted by molar-refractivity contribution is 6.35. The van der Waals surface area contributed by atoms with Crippen molar-refractivity contribution >= 4 is 35.1 Å². The van der Waals surface area contributed by atoms with Gasteiger partial charge in [0.05, 0.1) is 0 Å². The summed E-state index contributed by atoms with van der Waals surface area (Å²) in [6.45, 7) is 4.14. The number of carboxylic acid groups (broad SMARTS) is 1. The van der Waals surface area contributed by atoms with Crippen LogP contribution < -0.4 is 0 Å². The molecule has 1 aromatic rings. The zero-order chi connectivity index (χ0) is 15.3. The van der Waals surface area contributed by atoms with Crippen LogP contribution in [0.3, 0.4) is 0 Å². The van der Waals surface area contributed by atoms with Crippen LogP contribution in [0, 0.1) is 0 Å². The van der Waals surface area contributed by atoms with Crippen LogP contribution in [-0.4, -0.2) is 34.5 Å². The van der Waals surface area contributed by atoms with Gasteiger partial charge in [-0.15, -0.1) is 0 Å².